The third-order valence-corrected chi connectivity index (χ3v) is 3.36. The van der Waals surface area contributed by atoms with Gasteiger partial charge in [0.1, 0.15) is 0 Å². The second-order valence-electron chi connectivity index (χ2n) is 4.48. The number of hydrogen-bond donors (Lipinski definition) is 2. The number of benzene rings is 2. The van der Waals surface area contributed by atoms with Crippen LogP contribution in [0.15, 0.2) is 36.4 Å². The number of nitrogen functional groups attached to an aromatic ring is 1. The van der Waals surface area contributed by atoms with Crippen LogP contribution in [0, 0.1) is 0 Å². The van der Waals surface area contributed by atoms with Gasteiger partial charge in [0.05, 0.1) is 18.3 Å². The standard InChI is InChI=1S/C15H12ClN3O2/c1-21-13-5-2-8(6-12(13)20)14-10-7-9(16)3-4-11(10)18-15(17)19-14/h2-7,20H,1H3,(H2,17,18,19). The minimum Gasteiger partial charge on any atom is -0.504 e. The van der Waals surface area contributed by atoms with E-state index in [0.717, 1.165) is 5.39 Å². The Balaban J connectivity index is 2.28. The van der Waals surface area contributed by atoms with Crippen LogP contribution < -0.4 is 10.5 Å². The van der Waals surface area contributed by atoms with E-state index in [2.05, 4.69) is 9.97 Å². The highest BCUT2D eigenvalue weighted by Gasteiger charge is 2.11. The molecule has 0 unspecified atom stereocenters. The first-order chi connectivity index (χ1) is 10.1. The van der Waals surface area contributed by atoms with Crippen molar-refractivity contribution in [3.8, 4) is 22.8 Å². The van der Waals surface area contributed by atoms with Gasteiger partial charge in [-0.05, 0) is 36.4 Å². The second kappa shape index (κ2) is 5.10. The lowest BCUT2D eigenvalue weighted by atomic mass is 10.1. The van der Waals surface area contributed by atoms with E-state index >= 15 is 0 Å². The fraction of sp³-hybridized carbons (Fsp3) is 0.0667. The number of aromatic nitrogens is 2. The second-order valence-corrected chi connectivity index (χ2v) is 4.91. The number of fused-ring (bicyclic) bond motifs is 1. The van der Waals surface area contributed by atoms with E-state index < -0.39 is 0 Å². The Kier molecular flexibility index (Phi) is 3.27. The molecule has 0 spiro atoms. The van der Waals surface area contributed by atoms with Crippen LogP contribution in [0.1, 0.15) is 0 Å². The zero-order valence-electron chi connectivity index (χ0n) is 11.2. The Morgan fingerprint density at radius 2 is 1.95 bits per heavy atom. The molecule has 0 amide bonds. The molecule has 0 fully saturated rings. The average molecular weight is 302 g/mol. The normalized spacial score (nSPS) is 10.8. The molecule has 106 valence electrons. The predicted molar refractivity (Wildman–Crippen MR) is 82.6 cm³/mol. The van der Waals surface area contributed by atoms with Crippen molar-refractivity contribution in [2.24, 2.45) is 0 Å². The molecule has 3 rings (SSSR count). The molecule has 0 saturated carbocycles. The molecule has 0 aliphatic heterocycles. The molecule has 6 heteroatoms. The van der Waals surface area contributed by atoms with Crippen molar-refractivity contribution in [1.82, 2.24) is 9.97 Å². The molecule has 0 bridgehead atoms. The number of nitrogens with two attached hydrogens (primary N) is 1. The molecule has 21 heavy (non-hydrogen) atoms. The van der Waals surface area contributed by atoms with Crippen molar-refractivity contribution in [3.05, 3.63) is 41.4 Å². The number of ether oxygens (including phenoxy) is 1. The van der Waals surface area contributed by atoms with Crippen molar-refractivity contribution >= 4 is 28.5 Å². The van der Waals surface area contributed by atoms with Crippen LogP contribution >= 0.6 is 11.6 Å². The van der Waals surface area contributed by atoms with Gasteiger partial charge < -0.3 is 15.6 Å². The third-order valence-electron chi connectivity index (χ3n) is 3.13. The highest BCUT2D eigenvalue weighted by atomic mass is 35.5. The summed E-state index contributed by atoms with van der Waals surface area (Å²) in [5.41, 5.74) is 7.76. The summed E-state index contributed by atoms with van der Waals surface area (Å²) in [6.45, 7) is 0. The van der Waals surface area contributed by atoms with E-state index in [1.807, 2.05) is 0 Å². The van der Waals surface area contributed by atoms with Crippen LogP contribution in [-0.4, -0.2) is 22.2 Å². The molecule has 0 saturated heterocycles. The Labute approximate surface area is 126 Å². The maximum atomic E-state index is 9.92. The summed E-state index contributed by atoms with van der Waals surface area (Å²) in [7, 11) is 1.49. The third kappa shape index (κ3) is 2.43. The van der Waals surface area contributed by atoms with Crippen LogP contribution in [0.2, 0.25) is 5.02 Å². The summed E-state index contributed by atoms with van der Waals surface area (Å²) in [6, 6.07) is 10.3. The van der Waals surface area contributed by atoms with Gasteiger partial charge in [-0.1, -0.05) is 11.6 Å². The lowest BCUT2D eigenvalue weighted by molar-refractivity contribution is 0.373. The largest absolute Gasteiger partial charge is 0.504 e. The molecule has 5 nitrogen and oxygen atoms in total. The van der Waals surface area contributed by atoms with Gasteiger partial charge >= 0.3 is 0 Å². The quantitative estimate of drug-likeness (QED) is 0.759. The lowest BCUT2D eigenvalue weighted by Crippen LogP contribution is -1.98. The average Bonchev–Trinajstić information content (AvgIpc) is 2.47. The lowest BCUT2D eigenvalue weighted by Gasteiger charge is -2.09. The van der Waals surface area contributed by atoms with E-state index in [4.69, 9.17) is 22.1 Å². The van der Waals surface area contributed by atoms with Crippen molar-refractivity contribution in [2.75, 3.05) is 12.8 Å². The molecular formula is C15H12ClN3O2. The van der Waals surface area contributed by atoms with E-state index in [9.17, 15) is 5.11 Å². The number of rotatable bonds is 2. The van der Waals surface area contributed by atoms with Crippen LogP contribution in [0.25, 0.3) is 22.2 Å². The van der Waals surface area contributed by atoms with E-state index in [0.29, 0.717) is 27.5 Å². The highest BCUT2D eigenvalue weighted by molar-refractivity contribution is 6.31. The fourth-order valence-electron chi connectivity index (χ4n) is 2.18. The van der Waals surface area contributed by atoms with Gasteiger partial charge in [-0.2, -0.15) is 0 Å². The first-order valence-electron chi connectivity index (χ1n) is 6.18. The molecule has 0 aliphatic carbocycles. The molecule has 3 aromatic rings. The smallest absolute Gasteiger partial charge is 0.221 e. The molecule has 1 aromatic heterocycles. The minimum absolute atomic E-state index is 0.0300. The predicted octanol–water partition coefficient (Wildman–Crippen LogP) is 3.25. The number of nitrogens with zero attached hydrogens (tertiary/aromatic N) is 2. The Bertz CT molecular complexity index is 837. The molecule has 1 heterocycles. The maximum Gasteiger partial charge on any atom is 0.221 e. The van der Waals surface area contributed by atoms with Crippen molar-refractivity contribution in [2.45, 2.75) is 0 Å². The number of anilines is 1. The zero-order chi connectivity index (χ0) is 15.0. The van der Waals surface area contributed by atoms with Crippen LogP contribution in [0.4, 0.5) is 5.95 Å². The molecule has 2 aromatic carbocycles. The molecule has 3 N–H and O–H groups in total. The Morgan fingerprint density at radius 1 is 1.14 bits per heavy atom. The minimum atomic E-state index is 0.0300. The molecule has 0 aliphatic rings. The Morgan fingerprint density at radius 3 is 2.67 bits per heavy atom. The molecule has 0 atom stereocenters. The summed E-state index contributed by atoms with van der Waals surface area (Å²) in [5.74, 6) is 0.584. The van der Waals surface area contributed by atoms with Gasteiger partial charge in [0, 0.05) is 16.0 Å². The number of methoxy groups -OCH3 is 1. The molecule has 0 radical (unpaired) electrons. The fourth-order valence-corrected chi connectivity index (χ4v) is 2.35. The van der Waals surface area contributed by atoms with Gasteiger partial charge in [0.25, 0.3) is 0 Å². The number of halogens is 1. The molecular weight excluding hydrogens is 290 g/mol. The maximum absolute atomic E-state index is 9.92. The number of phenolic OH excluding ortho intramolecular Hbond substituents is 1. The van der Waals surface area contributed by atoms with E-state index in [-0.39, 0.29) is 11.7 Å². The zero-order valence-corrected chi connectivity index (χ0v) is 11.9. The van der Waals surface area contributed by atoms with Gasteiger partial charge in [0.2, 0.25) is 5.95 Å². The summed E-state index contributed by atoms with van der Waals surface area (Å²) < 4.78 is 5.04. The van der Waals surface area contributed by atoms with E-state index in [1.165, 1.54) is 7.11 Å². The summed E-state index contributed by atoms with van der Waals surface area (Å²) in [5, 5.41) is 11.3. The first kappa shape index (κ1) is 13.5. The summed E-state index contributed by atoms with van der Waals surface area (Å²) in [6.07, 6.45) is 0. The van der Waals surface area contributed by atoms with Gasteiger partial charge in [-0.15, -0.1) is 0 Å². The Hall–Kier alpha value is -2.53. The summed E-state index contributed by atoms with van der Waals surface area (Å²) >= 11 is 6.04. The number of aromatic hydroxyl groups is 1. The van der Waals surface area contributed by atoms with Crippen molar-refractivity contribution in [3.63, 3.8) is 0 Å². The van der Waals surface area contributed by atoms with E-state index in [1.54, 1.807) is 36.4 Å². The number of phenols is 1. The van der Waals surface area contributed by atoms with Crippen molar-refractivity contribution < 1.29 is 9.84 Å². The highest BCUT2D eigenvalue weighted by Crippen LogP contribution is 2.34. The monoisotopic (exact) mass is 301 g/mol. The number of hydrogen-bond acceptors (Lipinski definition) is 5. The van der Waals surface area contributed by atoms with Crippen LogP contribution in [0.3, 0.4) is 0 Å². The summed E-state index contributed by atoms with van der Waals surface area (Å²) in [4.78, 5) is 8.45. The van der Waals surface area contributed by atoms with Crippen LogP contribution in [0.5, 0.6) is 11.5 Å². The first-order valence-corrected chi connectivity index (χ1v) is 6.56. The van der Waals surface area contributed by atoms with Gasteiger partial charge in [-0.3, -0.25) is 0 Å². The van der Waals surface area contributed by atoms with Gasteiger partial charge in [-0.25, -0.2) is 9.97 Å². The van der Waals surface area contributed by atoms with Crippen LogP contribution in [-0.2, 0) is 0 Å². The SMILES string of the molecule is COc1ccc(-c2nc(N)nc3ccc(Cl)cc23)cc1O. The topological polar surface area (TPSA) is 81.3 Å². The van der Waals surface area contributed by atoms with Crippen molar-refractivity contribution in [1.29, 1.82) is 0 Å². The van der Waals surface area contributed by atoms with Gasteiger partial charge in [0.15, 0.2) is 11.5 Å².